The maximum Gasteiger partial charge on any atom is 0.237 e. The molecule has 2 aromatic rings. The maximum absolute atomic E-state index is 15.4. The highest BCUT2D eigenvalue weighted by atomic mass is 35.5. The Morgan fingerprint density at radius 1 is 1.19 bits per heavy atom. The molecule has 0 spiro atoms. The average molecular weight is 544 g/mol. The quantitative estimate of drug-likeness (QED) is 0.347. The second-order valence-corrected chi connectivity index (χ2v) is 11.5. The molecule has 36 heavy (non-hydrogen) atoms. The molecule has 3 rings (SSSR count). The molecule has 1 aliphatic heterocycles. The average Bonchev–Trinajstić information content (AvgIpc) is 3.03. The van der Waals surface area contributed by atoms with Crippen LogP contribution in [0.15, 0.2) is 36.4 Å². The first-order valence-electron chi connectivity index (χ1n) is 11.8. The Hall–Kier alpha value is -1.81. The van der Waals surface area contributed by atoms with Crippen LogP contribution < -0.4 is 16.4 Å². The van der Waals surface area contributed by atoms with E-state index < -0.39 is 53.8 Å². The van der Waals surface area contributed by atoms with Crippen molar-refractivity contribution >= 4 is 29.1 Å². The first kappa shape index (κ1) is 28.8. The third-order valence-electron chi connectivity index (χ3n) is 6.54. The number of benzene rings is 2. The molecule has 1 aliphatic rings. The van der Waals surface area contributed by atoms with Crippen molar-refractivity contribution in [2.24, 2.45) is 11.1 Å². The van der Waals surface area contributed by atoms with Gasteiger partial charge < -0.3 is 26.6 Å². The third kappa shape index (κ3) is 6.18. The predicted octanol–water partition coefficient (Wildman–Crippen LogP) is 3.85. The summed E-state index contributed by atoms with van der Waals surface area (Å²) in [6.45, 7) is 5.58. The number of aliphatic hydroxyl groups is 2. The monoisotopic (exact) mass is 543 g/mol. The summed E-state index contributed by atoms with van der Waals surface area (Å²) in [5.41, 5.74) is 5.24. The summed E-state index contributed by atoms with van der Waals surface area (Å²) in [7, 11) is 0. The summed E-state index contributed by atoms with van der Waals surface area (Å²) in [5, 5.41) is 25.0. The first-order chi connectivity index (χ1) is 16.8. The molecule has 1 fully saturated rings. The predicted molar refractivity (Wildman–Crippen MR) is 137 cm³/mol. The van der Waals surface area contributed by atoms with Crippen LogP contribution in [0, 0.1) is 17.0 Å². The van der Waals surface area contributed by atoms with E-state index >= 15 is 8.78 Å². The highest BCUT2D eigenvalue weighted by Gasteiger charge is 2.58. The first-order valence-corrected chi connectivity index (χ1v) is 12.6. The Kier molecular flexibility index (Phi) is 9.02. The minimum Gasteiger partial charge on any atom is -0.394 e. The van der Waals surface area contributed by atoms with Crippen molar-refractivity contribution < 1.29 is 23.8 Å². The van der Waals surface area contributed by atoms with Crippen molar-refractivity contribution in [1.82, 2.24) is 10.6 Å². The summed E-state index contributed by atoms with van der Waals surface area (Å²) in [6, 6.07) is 7.07. The number of carbonyl (C=O) groups excluding carboxylic acids is 1. The van der Waals surface area contributed by atoms with Gasteiger partial charge in [0, 0.05) is 34.1 Å². The summed E-state index contributed by atoms with van der Waals surface area (Å²) >= 11 is 12.2. The molecule has 0 radical (unpaired) electrons. The van der Waals surface area contributed by atoms with Crippen LogP contribution in [0.25, 0.3) is 0 Å². The van der Waals surface area contributed by atoms with Gasteiger partial charge >= 0.3 is 0 Å². The summed E-state index contributed by atoms with van der Waals surface area (Å²) in [6.07, 6.45) is -0.448. The molecule has 0 aromatic heterocycles. The number of hydrogen-bond acceptors (Lipinski definition) is 5. The van der Waals surface area contributed by atoms with Gasteiger partial charge in [-0.1, -0.05) is 56.1 Å². The number of rotatable bonds is 8. The molecule has 0 bridgehead atoms. The van der Waals surface area contributed by atoms with E-state index in [4.69, 9.17) is 34.0 Å². The number of carbonyl (C=O) groups is 1. The van der Waals surface area contributed by atoms with Gasteiger partial charge in [0.2, 0.25) is 5.91 Å². The van der Waals surface area contributed by atoms with E-state index in [1.807, 2.05) is 20.8 Å². The molecule has 1 heterocycles. The summed E-state index contributed by atoms with van der Waals surface area (Å²) in [4.78, 5) is 13.4. The number of aliphatic hydroxyl groups excluding tert-OH is 2. The molecule has 5 atom stereocenters. The van der Waals surface area contributed by atoms with Crippen LogP contribution in [0.3, 0.4) is 0 Å². The normalized spacial score (nSPS) is 25.1. The van der Waals surface area contributed by atoms with Gasteiger partial charge in [-0.2, -0.15) is 0 Å². The van der Waals surface area contributed by atoms with E-state index in [0.29, 0.717) is 17.0 Å². The Balaban J connectivity index is 2.17. The molecule has 10 heteroatoms. The largest absolute Gasteiger partial charge is 0.394 e. The minimum atomic E-state index is -1.69. The van der Waals surface area contributed by atoms with Gasteiger partial charge in [0.05, 0.1) is 24.3 Å². The Morgan fingerprint density at radius 2 is 1.83 bits per heavy atom. The van der Waals surface area contributed by atoms with Gasteiger partial charge in [0.15, 0.2) is 0 Å². The van der Waals surface area contributed by atoms with Crippen molar-refractivity contribution in [2.75, 3.05) is 13.2 Å². The number of nitrogens with one attached hydrogen (secondary N) is 2. The molecule has 0 aliphatic carbocycles. The zero-order chi connectivity index (χ0) is 26.8. The van der Waals surface area contributed by atoms with Crippen molar-refractivity contribution in [3.63, 3.8) is 0 Å². The second-order valence-electron chi connectivity index (χ2n) is 10.6. The summed E-state index contributed by atoms with van der Waals surface area (Å²) < 4.78 is 30.9. The van der Waals surface area contributed by atoms with Crippen LogP contribution in [0.1, 0.15) is 50.7 Å². The van der Waals surface area contributed by atoms with Gasteiger partial charge in [-0.05, 0) is 48.1 Å². The third-order valence-corrected chi connectivity index (χ3v) is 6.99. The van der Waals surface area contributed by atoms with E-state index in [1.54, 1.807) is 24.3 Å². The number of amides is 1. The van der Waals surface area contributed by atoms with Crippen molar-refractivity contribution in [2.45, 2.75) is 63.3 Å². The molecule has 1 saturated heterocycles. The molecule has 6 nitrogen and oxygen atoms in total. The van der Waals surface area contributed by atoms with E-state index in [0.717, 1.165) is 12.1 Å². The van der Waals surface area contributed by atoms with Crippen molar-refractivity contribution in [3.8, 4) is 0 Å². The van der Waals surface area contributed by atoms with Crippen LogP contribution in [-0.2, 0) is 10.3 Å². The van der Waals surface area contributed by atoms with Crippen LogP contribution >= 0.6 is 23.2 Å². The molecule has 198 valence electrons. The van der Waals surface area contributed by atoms with Crippen LogP contribution in [0.4, 0.5) is 8.78 Å². The van der Waals surface area contributed by atoms with E-state index in [2.05, 4.69) is 10.6 Å². The van der Waals surface area contributed by atoms with Crippen LogP contribution in [0.2, 0.25) is 10.0 Å². The summed E-state index contributed by atoms with van der Waals surface area (Å²) in [5.74, 6) is -3.16. The number of hydrogen-bond donors (Lipinski definition) is 5. The Labute approximate surface area is 220 Å². The fourth-order valence-electron chi connectivity index (χ4n) is 5.03. The smallest absolute Gasteiger partial charge is 0.237 e. The number of halogens is 4. The van der Waals surface area contributed by atoms with E-state index in [9.17, 15) is 9.90 Å². The zero-order valence-corrected chi connectivity index (χ0v) is 22.0. The fourth-order valence-corrected chi connectivity index (χ4v) is 5.42. The van der Waals surface area contributed by atoms with Crippen molar-refractivity contribution in [1.29, 1.82) is 0 Å². The zero-order valence-electron chi connectivity index (χ0n) is 20.5. The number of nitrogens with two attached hydrogens (primary N) is 1. The Morgan fingerprint density at radius 3 is 2.39 bits per heavy atom. The SMILES string of the molecule is CC(C)(C)C[C@@H]1N[C@@H](C(=O)NCC[C@H](O)CO)[C@H](c2cccc(Cl)c2)[C@@]1(N)c1c(F)cc(Cl)cc1F. The topological polar surface area (TPSA) is 108 Å². The lowest BCUT2D eigenvalue weighted by molar-refractivity contribution is -0.123. The maximum atomic E-state index is 15.4. The molecule has 1 amide bonds. The Bertz CT molecular complexity index is 1080. The van der Waals surface area contributed by atoms with Gasteiger partial charge in [-0.3, -0.25) is 4.79 Å². The lowest BCUT2D eigenvalue weighted by Crippen LogP contribution is -2.53. The highest BCUT2D eigenvalue weighted by molar-refractivity contribution is 6.30. The van der Waals surface area contributed by atoms with Gasteiger partial charge in [-0.15, -0.1) is 0 Å². The lowest BCUT2D eigenvalue weighted by Gasteiger charge is -2.40. The molecule has 2 aromatic carbocycles. The molecule has 0 saturated carbocycles. The lowest BCUT2D eigenvalue weighted by atomic mass is 9.68. The molecular weight excluding hydrogens is 511 g/mol. The standard InChI is InChI=1S/C26H33Cl2F2N3O3/c1-25(2,3)12-20-26(31,22-18(29)10-16(28)11-19(22)30)21(14-5-4-6-15(27)9-14)23(33-20)24(36)32-8-7-17(35)13-34/h4-6,9-11,17,20-21,23,33-35H,7-8,12-13,31H2,1-3H3,(H,32,36)/t17-,20-,21-,23+,26+/m0/s1. The van der Waals surface area contributed by atoms with Crippen LogP contribution in [0.5, 0.6) is 0 Å². The molecular formula is C26H33Cl2F2N3O3. The van der Waals surface area contributed by atoms with E-state index in [1.165, 1.54) is 0 Å². The van der Waals surface area contributed by atoms with E-state index in [-0.39, 0.29) is 29.0 Å². The highest BCUT2D eigenvalue weighted by Crippen LogP contribution is 2.49. The van der Waals surface area contributed by atoms with Crippen molar-refractivity contribution in [3.05, 3.63) is 69.2 Å². The van der Waals surface area contributed by atoms with Gasteiger partial charge in [0.25, 0.3) is 0 Å². The van der Waals surface area contributed by atoms with Gasteiger partial charge in [0.1, 0.15) is 11.6 Å². The molecule has 0 unspecified atom stereocenters. The second kappa shape index (κ2) is 11.3. The van der Waals surface area contributed by atoms with Gasteiger partial charge in [-0.25, -0.2) is 8.78 Å². The minimum absolute atomic E-state index is 0.0895. The van der Waals surface area contributed by atoms with Crippen LogP contribution in [-0.4, -0.2) is 47.5 Å². The molecule has 6 N–H and O–H groups in total. The fraction of sp³-hybridized carbons (Fsp3) is 0.500.